The fourth-order valence-corrected chi connectivity index (χ4v) is 3.70. The van der Waals surface area contributed by atoms with Crippen molar-refractivity contribution in [1.82, 2.24) is 25.0 Å². The number of nitrogens with zero attached hydrogens (tertiary/aromatic N) is 4. The van der Waals surface area contributed by atoms with Crippen LogP contribution in [0, 0.1) is 6.92 Å². The molecule has 2 atom stereocenters. The number of carbonyl (C=O) groups excluding carboxylic acids is 1. The number of hydrogen-bond donors (Lipinski definition) is 1. The molecule has 3 heterocycles. The van der Waals surface area contributed by atoms with Crippen LogP contribution in [-0.2, 0) is 11.3 Å². The number of aromatic nitrogens is 3. The summed E-state index contributed by atoms with van der Waals surface area (Å²) in [5.74, 6) is 1.69. The molecule has 1 aromatic heterocycles. The second kappa shape index (κ2) is 6.78. The number of fused-ring (bicyclic) bond motifs is 3. The lowest BCUT2D eigenvalue weighted by Gasteiger charge is -2.32. The molecule has 2 aromatic rings. The summed E-state index contributed by atoms with van der Waals surface area (Å²) in [5.41, 5.74) is 1.91. The highest BCUT2D eigenvalue weighted by Gasteiger charge is 2.39. The van der Waals surface area contributed by atoms with E-state index in [-0.39, 0.29) is 18.0 Å². The molecule has 0 spiro atoms. The second-order valence-corrected chi connectivity index (χ2v) is 6.74. The molecule has 0 fully saturated rings. The number of carbonyl (C=O) groups is 1. The van der Waals surface area contributed by atoms with Crippen molar-refractivity contribution >= 4 is 12.0 Å². The van der Waals surface area contributed by atoms with Crippen LogP contribution < -0.4 is 5.32 Å². The van der Waals surface area contributed by atoms with Crippen LogP contribution in [-0.4, -0.2) is 38.2 Å². The van der Waals surface area contributed by atoms with Gasteiger partial charge in [-0.3, -0.25) is 4.79 Å². The van der Waals surface area contributed by atoms with E-state index in [1.165, 1.54) is 5.56 Å². The van der Waals surface area contributed by atoms with Gasteiger partial charge in [0.25, 0.3) is 5.91 Å². The third-order valence-electron chi connectivity index (χ3n) is 4.95. The van der Waals surface area contributed by atoms with Crippen molar-refractivity contribution in [3.63, 3.8) is 0 Å². The van der Waals surface area contributed by atoms with E-state index in [0.29, 0.717) is 13.1 Å². The topological polar surface area (TPSA) is 63.1 Å². The minimum atomic E-state index is -0.0159. The average Bonchev–Trinajstić information content (AvgIpc) is 3.21. The molecule has 4 rings (SSSR count). The maximum absolute atomic E-state index is 12.8. The second-order valence-electron chi connectivity index (χ2n) is 6.74. The maximum atomic E-state index is 12.8. The lowest BCUT2D eigenvalue weighted by Crippen LogP contribution is -2.39. The smallest absolute Gasteiger partial charge is 0.267 e. The molecule has 0 radical (unpaired) electrons. The zero-order valence-corrected chi connectivity index (χ0v) is 15.1. The van der Waals surface area contributed by atoms with Gasteiger partial charge in [-0.05, 0) is 31.1 Å². The van der Waals surface area contributed by atoms with E-state index in [0.717, 1.165) is 23.8 Å². The minimum Gasteiger partial charge on any atom is -0.354 e. The summed E-state index contributed by atoms with van der Waals surface area (Å²) >= 11 is 0. The molecule has 0 bridgehead atoms. The first kappa shape index (κ1) is 16.6. The number of amides is 1. The molecule has 1 aromatic carbocycles. The molecule has 1 amide bonds. The molecule has 0 aliphatic carbocycles. The summed E-state index contributed by atoms with van der Waals surface area (Å²) in [5, 5.41) is 11.4. The molecule has 6 heteroatoms. The number of benzene rings is 1. The van der Waals surface area contributed by atoms with Crippen LogP contribution in [0.15, 0.2) is 48.2 Å². The summed E-state index contributed by atoms with van der Waals surface area (Å²) in [6.45, 7) is 5.38. The van der Waals surface area contributed by atoms with Crippen molar-refractivity contribution < 1.29 is 4.79 Å². The van der Waals surface area contributed by atoms with Crippen molar-refractivity contribution in [2.24, 2.45) is 0 Å². The van der Waals surface area contributed by atoms with Crippen LogP contribution in [0.1, 0.15) is 36.6 Å². The van der Waals surface area contributed by atoms with Gasteiger partial charge in [0, 0.05) is 13.1 Å². The highest BCUT2D eigenvalue weighted by Crippen LogP contribution is 2.37. The van der Waals surface area contributed by atoms with E-state index in [2.05, 4.69) is 56.2 Å². The Morgan fingerprint density at radius 1 is 1.19 bits per heavy atom. The molecule has 26 heavy (non-hydrogen) atoms. The number of nitrogens with one attached hydrogen (secondary N) is 1. The molecule has 0 saturated heterocycles. The predicted octanol–water partition coefficient (Wildman–Crippen LogP) is 2.45. The van der Waals surface area contributed by atoms with Gasteiger partial charge in [-0.25, -0.2) is 0 Å². The Morgan fingerprint density at radius 3 is 2.77 bits per heavy atom. The normalized spacial score (nSPS) is 20.5. The Morgan fingerprint density at radius 2 is 2.00 bits per heavy atom. The average molecular weight is 349 g/mol. The van der Waals surface area contributed by atoms with Gasteiger partial charge in [-0.15, -0.1) is 10.2 Å². The van der Waals surface area contributed by atoms with Gasteiger partial charge in [-0.2, -0.15) is 0 Å². The fraction of sp³-hybridized carbons (Fsp3) is 0.350. The third kappa shape index (κ3) is 2.81. The van der Waals surface area contributed by atoms with E-state index in [1.807, 2.05) is 31.2 Å². The highest BCUT2D eigenvalue weighted by atomic mass is 16.2. The summed E-state index contributed by atoms with van der Waals surface area (Å²) < 4.78 is 2.11. The standard InChI is InChI=1S/C20H23N5O/c1-3-11-21-20(26)18-12-17-16(9-10-19-23-22-14(2)25(17)19)24(18)13-15-7-5-4-6-8-15/h4-10,12,16-17H,3,11,13H2,1-2H3,(H,21,26). The van der Waals surface area contributed by atoms with Gasteiger partial charge in [0.2, 0.25) is 0 Å². The number of rotatable bonds is 5. The minimum absolute atomic E-state index is 0.0159. The van der Waals surface area contributed by atoms with Gasteiger partial charge in [0.05, 0.1) is 12.1 Å². The Kier molecular flexibility index (Phi) is 4.32. The number of hydrogen-bond acceptors (Lipinski definition) is 4. The first-order chi connectivity index (χ1) is 12.7. The fourth-order valence-electron chi connectivity index (χ4n) is 3.70. The molecule has 2 aliphatic heterocycles. The van der Waals surface area contributed by atoms with E-state index in [9.17, 15) is 4.79 Å². The van der Waals surface area contributed by atoms with Crippen molar-refractivity contribution in [3.8, 4) is 0 Å². The lowest BCUT2D eigenvalue weighted by molar-refractivity contribution is -0.119. The molecule has 2 aliphatic rings. The van der Waals surface area contributed by atoms with E-state index in [4.69, 9.17) is 0 Å². The highest BCUT2D eigenvalue weighted by molar-refractivity contribution is 5.93. The van der Waals surface area contributed by atoms with Crippen molar-refractivity contribution in [2.75, 3.05) is 6.54 Å². The molecule has 2 unspecified atom stereocenters. The predicted molar refractivity (Wildman–Crippen MR) is 100.0 cm³/mol. The van der Waals surface area contributed by atoms with E-state index < -0.39 is 0 Å². The quantitative estimate of drug-likeness (QED) is 0.901. The SMILES string of the molecule is CCCNC(=O)C1=CC2C(C=Cc3nnc(C)n32)N1Cc1ccccc1. The van der Waals surface area contributed by atoms with Gasteiger partial charge in [0.1, 0.15) is 11.5 Å². The van der Waals surface area contributed by atoms with Crippen LogP contribution in [0.5, 0.6) is 0 Å². The first-order valence-corrected chi connectivity index (χ1v) is 9.09. The van der Waals surface area contributed by atoms with Gasteiger partial charge in [-0.1, -0.05) is 43.3 Å². The molecular formula is C20H23N5O. The van der Waals surface area contributed by atoms with Crippen LogP contribution in [0.4, 0.5) is 0 Å². The van der Waals surface area contributed by atoms with Crippen LogP contribution in [0.3, 0.4) is 0 Å². The summed E-state index contributed by atoms with van der Waals surface area (Å²) in [6, 6.07) is 10.4. The maximum Gasteiger partial charge on any atom is 0.267 e. The van der Waals surface area contributed by atoms with E-state index in [1.54, 1.807) is 0 Å². The Labute approximate surface area is 153 Å². The zero-order valence-electron chi connectivity index (χ0n) is 15.1. The Bertz CT molecular complexity index is 868. The van der Waals surface area contributed by atoms with Crippen LogP contribution in [0.25, 0.3) is 6.08 Å². The molecule has 1 N–H and O–H groups in total. The van der Waals surface area contributed by atoms with Crippen LogP contribution in [0.2, 0.25) is 0 Å². The van der Waals surface area contributed by atoms with Crippen molar-refractivity contribution in [2.45, 2.75) is 38.9 Å². The van der Waals surface area contributed by atoms with Gasteiger partial charge < -0.3 is 14.8 Å². The summed E-state index contributed by atoms with van der Waals surface area (Å²) in [7, 11) is 0. The number of aryl methyl sites for hydroxylation is 1. The van der Waals surface area contributed by atoms with E-state index >= 15 is 0 Å². The lowest BCUT2D eigenvalue weighted by atomic mass is 10.1. The molecule has 6 nitrogen and oxygen atoms in total. The first-order valence-electron chi connectivity index (χ1n) is 9.09. The van der Waals surface area contributed by atoms with Gasteiger partial charge >= 0.3 is 0 Å². The summed E-state index contributed by atoms with van der Waals surface area (Å²) in [6.07, 6.45) is 7.11. The van der Waals surface area contributed by atoms with Gasteiger partial charge in [0.15, 0.2) is 5.82 Å². The third-order valence-corrected chi connectivity index (χ3v) is 4.95. The molecule has 134 valence electrons. The Hall–Kier alpha value is -2.89. The zero-order chi connectivity index (χ0) is 18.1. The Balaban J connectivity index is 1.70. The molecular weight excluding hydrogens is 326 g/mol. The van der Waals surface area contributed by atoms with Crippen molar-refractivity contribution in [3.05, 3.63) is 65.4 Å². The molecule has 0 saturated carbocycles. The monoisotopic (exact) mass is 349 g/mol. The van der Waals surface area contributed by atoms with Crippen molar-refractivity contribution in [1.29, 1.82) is 0 Å². The largest absolute Gasteiger partial charge is 0.354 e. The summed E-state index contributed by atoms with van der Waals surface area (Å²) in [4.78, 5) is 15.0. The van der Waals surface area contributed by atoms with Crippen LogP contribution >= 0.6 is 0 Å².